The van der Waals surface area contributed by atoms with Gasteiger partial charge >= 0.3 is 5.97 Å². The average molecular weight is 292 g/mol. The van der Waals surface area contributed by atoms with Crippen molar-refractivity contribution in [3.63, 3.8) is 0 Å². The van der Waals surface area contributed by atoms with Gasteiger partial charge < -0.3 is 9.84 Å². The van der Waals surface area contributed by atoms with Crippen LogP contribution in [-0.2, 0) is 4.79 Å². The van der Waals surface area contributed by atoms with Gasteiger partial charge in [-0.3, -0.25) is 4.79 Å². The van der Waals surface area contributed by atoms with Crippen LogP contribution >= 0.6 is 0 Å². The number of ether oxygens (including phenoxy) is 1. The number of hydrogen-bond donors (Lipinski definition) is 1. The van der Waals surface area contributed by atoms with Crippen LogP contribution in [0.15, 0.2) is 41.2 Å². The van der Waals surface area contributed by atoms with E-state index in [0.717, 1.165) is 4.68 Å². The van der Waals surface area contributed by atoms with Gasteiger partial charge in [-0.25, -0.2) is 9.18 Å². The minimum atomic E-state index is -1.11. The third-order valence-electron chi connectivity index (χ3n) is 2.76. The van der Waals surface area contributed by atoms with Crippen LogP contribution in [-0.4, -0.2) is 27.0 Å². The molecule has 110 valence electrons. The summed E-state index contributed by atoms with van der Waals surface area (Å²) in [5, 5.41) is 12.9. The highest BCUT2D eigenvalue weighted by atomic mass is 19.1. The normalized spacial score (nSPS) is 11.9. The Morgan fingerprint density at radius 2 is 2.00 bits per heavy atom. The predicted molar refractivity (Wildman–Crippen MR) is 72.1 cm³/mol. The van der Waals surface area contributed by atoms with Gasteiger partial charge in [0.15, 0.2) is 6.10 Å². The third-order valence-corrected chi connectivity index (χ3v) is 2.76. The molecule has 1 unspecified atom stereocenters. The Balaban J connectivity index is 2.35. The summed E-state index contributed by atoms with van der Waals surface area (Å²) < 4.78 is 19.1. The number of hydrogen-bond acceptors (Lipinski definition) is 4. The van der Waals surface area contributed by atoms with Crippen molar-refractivity contribution >= 4 is 5.97 Å². The Morgan fingerprint density at radius 3 is 2.57 bits per heavy atom. The van der Waals surface area contributed by atoms with Crippen LogP contribution in [0.5, 0.6) is 5.88 Å². The van der Waals surface area contributed by atoms with Crippen molar-refractivity contribution in [1.29, 1.82) is 0 Å². The van der Waals surface area contributed by atoms with Gasteiger partial charge in [0.2, 0.25) is 5.88 Å². The van der Waals surface area contributed by atoms with Crippen molar-refractivity contribution in [3.05, 3.63) is 52.6 Å². The molecule has 2 rings (SSSR count). The van der Waals surface area contributed by atoms with E-state index in [1.165, 1.54) is 36.4 Å². The zero-order valence-electron chi connectivity index (χ0n) is 11.2. The first-order valence-corrected chi connectivity index (χ1v) is 6.27. The van der Waals surface area contributed by atoms with Gasteiger partial charge in [0.1, 0.15) is 5.82 Å². The number of carboxylic acid groups (broad SMARTS) is 1. The summed E-state index contributed by atoms with van der Waals surface area (Å²) >= 11 is 0. The molecule has 2 aromatic rings. The van der Waals surface area contributed by atoms with Crippen LogP contribution in [0.3, 0.4) is 0 Å². The second kappa shape index (κ2) is 6.17. The van der Waals surface area contributed by atoms with Crippen molar-refractivity contribution in [2.75, 3.05) is 0 Å². The molecule has 0 saturated heterocycles. The second-order valence-corrected chi connectivity index (χ2v) is 4.25. The molecule has 0 fully saturated rings. The summed E-state index contributed by atoms with van der Waals surface area (Å²) in [7, 11) is 0. The van der Waals surface area contributed by atoms with Crippen LogP contribution in [0.1, 0.15) is 13.3 Å². The van der Waals surface area contributed by atoms with Crippen LogP contribution in [0.4, 0.5) is 4.39 Å². The van der Waals surface area contributed by atoms with Crippen molar-refractivity contribution in [2.45, 2.75) is 19.4 Å². The SMILES string of the molecule is CCC(Oc1ccc(=O)n(-c2ccc(F)cc2)n1)C(=O)O. The molecule has 0 aliphatic heterocycles. The minimum Gasteiger partial charge on any atom is -0.479 e. The first kappa shape index (κ1) is 14.7. The molecule has 1 aromatic heterocycles. The first-order chi connectivity index (χ1) is 10.0. The van der Waals surface area contributed by atoms with E-state index >= 15 is 0 Å². The Bertz CT molecular complexity index is 697. The minimum absolute atomic E-state index is 0.00757. The summed E-state index contributed by atoms with van der Waals surface area (Å²) in [5.41, 5.74) is -0.0763. The monoisotopic (exact) mass is 292 g/mol. The van der Waals surface area contributed by atoms with Crippen molar-refractivity contribution in [2.24, 2.45) is 0 Å². The molecule has 1 atom stereocenters. The van der Waals surface area contributed by atoms with E-state index < -0.39 is 23.4 Å². The molecule has 7 heteroatoms. The molecule has 0 saturated carbocycles. The molecule has 1 heterocycles. The zero-order chi connectivity index (χ0) is 15.4. The Labute approximate surface area is 119 Å². The number of aliphatic carboxylic acids is 1. The molecular weight excluding hydrogens is 279 g/mol. The van der Waals surface area contributed by atoms with Crippen LogP contribution in [0, 0.1) is 5.82 Å². The second-order valence-electron chi connectivity index (χ2n) is 4.25. The van der Waals surface area contributed by atoms with Crippen molar-refractivity contribution in [1.82, 2.24) is 9.78 Å². The molecule has 0 amide bonds. The lowest BCUT2D eigenvalue weighted by Crippen LogP contribution is -2.28. The highest BCUT2D eigenvalue weighted by Crippen LogP contribution is 2.11. The quantitative estimate of drug-likeness (QED) is 0.905. The van der Waals surface area contributed by atoms with Gasteiger partial charge in [-0.1, -0.05) is 6.92 Å². The number of carbonyl (C=O) groups is 1. The maximum absolute atomic E-state index is 12.9. The van der Waals surface area contributed by atoms with E-state index in [2.05, 4.69) is 5.10 Å². The van der Waals surface area contributed by atoms with E-state index in [1.807, 2.05) is 0 Å². The van der Waals surface area contributed by atoms with E-state index in [0.29, 0.717) is 5.69 Å². The van der Waals surface area contributed by atoms with Gasteiger partial charge in [-0.2, -0.15) is 4.68 Å². The highest BCUT2D eigenvalue weighted by Gasteiger charge is 2.18. The lowest BCUT2D eigenvalue weighted by molar-refractivity contribution is -0.145. The van der Waals surface area contributed by atoms with Gasteiger partial charge in [0.25, 0.3) is 5.56 Å². The fourth-order valence-electron chi connectivity index (χ4n) is 1.68. The summed E-state index contributed by atoms with van der Waals surface area (Å²) in [6.45, 7) is 1.66. The smallest absolute Gasteiger partial charge is 0.344 e. The molecule has 21 heavy (non-hydrogen) atoms. The third kappa shape index (κ3) is 3.44. The molecule has 0 aliphatic carbocycles. The van der Waals surface area contributed by atoms with E-state index in [9.17, 15) is 14.0 Å². The highest BCUT2D eigenvalue weighted by molar-refractivity contribution is 5.72. The molecule has 0 spiro atoms. The Hall–Kier alpha value is -2.70. The van der Waals surface area contributed by atoms with Crippen molar-refractivity contribution < 1.29 is 19.0 Å². The van der Waals surface area contributed by atoms with Gasteiger partial charge in [0, 0.05) is 12.1 Å². The van der Waals surface area contributed by atoms with Gasteiger partial charge in [0.05, 0.1) is 5.69 Å². The standard InChI is InChI=1S/C14H13FN2O4/c1-2-11(14(19)20)21-12-7-8-13(18)17(16-12)10-5-3-9(15)4-6-10/h3-8,11H,2H2,1H3,(H,19,20). The number of carboxylic acids is 1. The number of halogens is 1. The fourth-order valence-corrected chi connectivity index (χ4v) is 1.68. The zero-order valence-corrected chi connectivity index (χ0v) is 11.2. The first-order valence-electron chi connectivity index (χ1n) is 6.27. The largest absolute Gasteiger partial charge is 0.479 e. The number of aromatic nitrogens is 2. The maximum atomic E-state index is 12.9. The Kier molecular flexibility index (Phi) is 4.32. The predicted octanol–water partition coefficient (Wildman–Crippen LogP) is 1.61. The summed E-state index contributed by atoms with van der Waals surface area (Å²) in [4.78, 5) is 22.7. The Morgan fingerprint density at radius 1 is 1.33 bits per heavy atom. The van der Waals surface area contributed by atoms with Gasteiger partial charge in [-0.15, -0.1) is 5.10 Å². The van der Waals surface area contributed by atoms with Crippen LogP contribution in [0.25, 0.3) is 5.69 Å². The topological polar surface area (TPSA) is 81.4 Å². The number of rotatable bonds is 5. The van der Waals surface area contributed by atoms with Crippen molar-refractivity contribution in [3.8, 4) is 11.6 Å². The molecule has 1 N–H and O–H groups in total. The number of nitrogens with zero attached hydrogens (tertiary/aromatic N) is 2. The lowest BCUT2D eigenvalue weighted by atomic mass is 10.3. The molecule has 0 bridgehead atoms. The van der Waals surface area contributed by atoms with Gasteiger partial charge in [-0.05, 0) is 30.7 Å². The fraction of sp³-hybridized carbons (Fsp3) is 0.214. The lowest BCUT2D eigenvalue weighted by Gasteiger charge is -2.13. The van der Waals surface area contributed by atoms with Crippen LogP contribution in [0.2, 0.25) is 0 Å². The molecule has 6 nitrogen and oxygen atoms in total. The maximum Gasteiger partial charge on any atom is 0.344 e. The number of benzene rings is 1. The summed E-state index contributed by atoms with van der Waals surface area (Å²) in [5.74, 6) is -1.54. The van der Waals surface area contributed by atoms with Crippen LogP contribution < -0.4 is 10.3 Å². The molecular formula is C14H13FN2O4. The van der Waals surface area contributed by atoms with E-state index in [1.54, 1.807) is 6.92 Å². The summed E-state index contributed by atoms with van der Waals surface area (Å²) in [6, 6.07) is 7.68. The van der Waals surface area contributed by atoms with E-state index in [4.69, 9.17) is 9.84 Å². The summed E-state index contributed by atoms with van der Waals surface area (Å²) in [6.07, 6.45) is -0.788. The molecule has 0 aliphatic rings. The molecule has 1 aromatic carbocycles. The van der Waals surface area contributed by atoms with E-state index in [-0.39, 0.29) is 12.3 Å². The molecule has 0 radical (unpaired) electrons. The average Bonchev–Trinajstić information content (AvgIpc) is 2.47.